The van der Waals surface area contributed by atoms with E-state index in [2.05, 4.69) is 20.8 Å². The summed E-state index contributed by atoms with van der Waals surface area (Å²) in [5.41, 5.74) is 0.164. The number of amides is 1. The fourth-order valence-corrected chi connectivity index (χ4v) is 3.34. The number of aromatic nitrogens is 4. The van der Waals surface area contributed by atoms with Gasteiger partial charge in [0.1, 0.15) is 0 Å². The molecule has 138 valence electrons. The van der Waals surface area contributed by atoms with E-state index >= 15 is 0 Å². The third-order valence-corrected chi connectivity index (χ3v) is 4.94. The smallest absolute Gasteiger partial charge is 0.271 e. The monoisotopic (exact) mass is 398 g/mol. The van der Waals surface area contributed by atoms with Crippen LogP contribution in [0, 0.1) is 10.1 Å². The fraction of sp³-hybridized carbons (Fsp3) is 0.429. The number of nitro groups is 1. The van der Waals surface area contributed by atoms with Crippen molar-refractivity contribution in [2.75, 3.05) is 17.7 Å². The summed E-state index contributed by atoms with van der Waals surface area (Å²) in [6.07, 6.45) is 2.07. The molecule has 0 radical (unpaired) electrons. The number of anilines is 1. The molecule has 1 aromatic carbocycles. The Labute approximate surface area is 157 Å². The molecular formula is C14H15ClN6O4S. The van der Waals surface area contributed by atoms with Gasteiger partial charge in [-0.05, 0) is 29.3 Å². The fourth-order valence-electron chi connectivity index (χ4n) is 2.43. The van der Waals surface area contributed by atoms with Gasteiger partial charge in [-0.15, -0.1) is 5.10 Å². The number of carbonyl (C=O) groups excluding carboxylic acids is 1. The molecule has 12 heteroatoms. The zero-order chi connectivity index (χ0) is 18.5. The lowest BCUT2D eigenvalue weighted by Crippen LogP contribution is -2.18. The van der Waals surface area contributed by atoms with Gasteiger partial charge in [0.25, 0.3) is 5.69 Å². The molecule has 1 saturated heterocycles. The van der Waals surface area contributed by atoms with Crippen molar-refractivity contribution < 1.29 is 14.5 Å². The number of halogens is 1. The first-order valence-electron chi connectivity index (χ1n) is 7.77. The first kappa shape index (κ1) is 18.5. The second-order valence-electron chi connectivity index (χ2n) is 5.54. The normalized spacial score (nSPS) is 16.6. The van der Waals surface area contributed by atoms with Gasteiger partial charge in [-0.2, -0.15) is 0 Å². The number of thioether (sulfide) groups is 1. The van der Waals surface area contributed by atoms with E-state index in [0.717, 1.165) is 19.4 Å². The number of carbonyl (C=O) groups is 1. The first-order valence-corrected chi connectivity index (χ1v) is 9.13. The molecular weight excluding hydrogens is 384 g/mol. The van der Waals surface area contributed by atoms with Gasteiger partial charge in [0, 0.05) is 18.7 Å². The molecule has 2 heterocycles. The van der Waals surface area contributed by atoms with Crippen molar-refractivity contribution in [3.8, 4) is 0 Å². The third-order valence-electron chi connectivity index (χ3n) is 3.67. The molecule has 1 atom stereocenters. The van der Waals surface area contributed by atoms with Crippen LogP contribution in [0.4, 0.5) is 11.4 Å². The van der Waals surface area contributed by atoms with Crippen LogP contribution in [-0.4, -0.2) is 49.5 Å². The minimum absolute atomic E-state index is 0.0687. The number of benzene rings is 1. The van der Waals surface area contributed by atoms with E-state index in [4.69, 9.17) is 16.3 Å². The van der Waals surface area contributed by atoms with Crippen LogP contribution in [0.15, 0.2) is 23.4 Å². The molecule has 3 rings (SSSR count). The van der Waals surface area contributed by atoms with E-state index in [1.807, 2.05) is 0 Å². The average Bonchev–Trinajstić information content (AvgIpc) is 3.27. The molecule has 0 aliphatic carbocycles. The number of nitro benzene ring substituents is 1. The summed E-state index contributed by atoms with van der Waals surface area (Å²) in [6.45, 7) is 1.29. The largest absolute Gasteiger partial charge is 0.376 e. The predicted octanol–water partition coefficient (Wildman–Crippen LogP) is 2.14. The van der Waals surface area contributed by atoms with Crippen molar-refractivity contribution in [2.24, 2.45) is 0 Å². The lowest BCUT2D eigenvalue weighted by molar-refractivity contribution is -0.384. The van der Waals surface area contributed by atoms with Crippen LogP contribution in [0.2, 0.25) is 5.02 Å². The second-order valence-corrected chi connectivity index (χ2v) is 6.89. The van der Waals surface area contributed by atoms with Gasteiger partial charge in [0.05, 0.1) is 34.0 Å². The second kappa shape index (κ2) is 8.43. The Hall–Kier alpha value is -2.24. The van der Waals surface area contributed by atoms with Gasteiger partial charge in [-0.1, -0.05) is 23.4 Å². The van der Waals surface area contributed by atoms with Gasteiger partial charge < -0.3 is 10.1 Å². The van der Waals surface area contributed by atoms with Gasteiger partial charge >= 0.3 is 0 Å². The number of nitrogens with one attached hydrogen (secondary N) is 1. The topological polar surface area (TPSA) is 125 Å². The molecule has 2 aromatic rings. The Morgan fingerprint density at radius 2 is 2.38 bits per heavy atom. The number of rotatable bonds is 7. The molecule has 1 aliphatic rings. The minimum Gasteiger partial charge on any atom is -0.376 e. The predicted molar refractivity (Wildman–Crippen MR) is 94.3 cm³/mol. The summed E-state index contributed by atoms with van der Waals surface area (Å²) in [4.78, 5) is 22.3. The summed E-state index contributed by atoms with van der Waals surface area (Å²) in [7, 11) is 0. The average molecular weight is 399 g/mol. The number of ether oxygens (including phenoxy) is 1. The molecule has 26 heavy (non-hydrogen) atoms. The van der Waals surface area contributed by atoms with Gasteiger partial charge in [-0.3, -0.25) is 14.9 Å². The highest BCUT2D eigenvalue weighted by Gasteiger charge is 2.19. The highest BCUT2D eigenvalue weighted by Crippen LogP contribution is 2.27. The van der Waals surface area contributed by atoms with Gasteiger partial charge in [-0.25, -0.2) is 4.68 Å². The molecule has 0 spiro atoms. The number of tetrazole rings is 1. The summed E-state index contributed by atoms with van der Waals surface area (Å²) in [5.74, 6) is -0.253. The number of non-ortho nitro benzene ring substituents is 1. The van der Waals surface area contributed by atoms with Crippen LogP contribution in [0.3, 0.4) is 0 Å². The van der Waals surface area contributed by atoms with Crippen LogP contribution in [0.1, 0.15) is 12.8 Å². The molecule has 1 unspecified atom stereocenters. The van der Waals surface area contributed by atoms with Gasteiger partial charge in [0.2, 0.25) is 11.1 Å². The Bertz CT molecular complexity index is 810. The third kappa shape index (κ3) is 4.68. The van der Waals surface area contributed by atoms with Crippen LogP contribution in [0.5, 0.6) is 0 Å². The number of hydrogen-bond donors (Lipinski definition) is 1. The van der Waals surface area contributed by atoms with Crippen LogP contribution >= 0.6 is 23.4 Å². The minimum atomic E-state index is -0.554. The van der Waals surface area contributed by atoms with E-state index in [1.165, 1.54) is 30.0 Å². The van der Waals surface area contributed by atoms with Gasteiger partial charge in [0.15, 0.2) is 0 Å². The highest BCUT2D eigenvalue weighted by atomic mass is 35.5. The molecule has 1 aromatic heterocycles. The van der Waals surface area contributed by atoms with E-state index < -0.39 is 4.92 Å². The Kier molecular flexibility index (Phi) is 6.01. The van der Waals surface area contributed by atoms with Crippen molar-refractivity contribution in [1.82, 2.24) is 20.2 Å². The maximum atomic E-state index is 12.1. The molecule has 1 aliphatic heterocycles. The molecule has 1 N–H and O–H groups in total. The van der Waals surface area contributed by atoms with Crippen LogP contribution in [-0.2, 0) is 16.1 Å². The lowest BCUT2D eigenvalue weighted by Gasteiger charge is -2.10. The first-order chi connectivity index (χ1) is 12.5. The standard InChI is InChI=1S/C14H15ClN6O4S/c15-11-6-9(21(23)24)3-4-12(11)16-13(22)8-26-14-17-18-19-20(14)7-10-2-1-5-25-10/h3-4,6,10H,1-2,5,7-8H2,(H,16,22). The highest BCUT2D eigenvalue weighted by molar-refractivity contribution is 7.99. The van der Waals surface area contributed by atoms with E-state index in [9.17, 15) is 14.9 Å². The lowest BCUT2D eigenvalue weighted by atomic mass is 10.2. The van der Waals surface area contributed by atoms with Crippen molar-refractivity contribution in [1.29, 1.82) is 0 Å². The summed E-state index contributed by atoms with van der Waals surface area (Å²) in [5, 5.41) is 25.4. The number of nitrogens with zero attached hydrogens (tertiary/aromatic N) is 5. The zero-order valence-corrected chi connectivity index (χ0v) is 15.1. The maximum Gasteiger partial charge on any atom is 0.271 e. The van der Waals surface area contributed by atoms with E-state index in [-0.39, 0.29) is 28.5 Å². The Balaban J connectivity index is 1.55. The SMILES string of the molecule is O=C(CSc1nnnn1CC1CCCO1)Nc1ccc([N+](=O)[O-])cc1Cl. The Morgan fingerprint density at radius 3 is 3.08 bits per heavy atom. The molecule has 10 nitrogen and oxygen atoms in total. The van der Waals surface area contributed by atoms with Crippen LogP contribution in [0.25, 0.3) is 0 Å². The summed E-state index contributed by atoms with van der Waals surface area (Å²) in [6, 6.07) is 3.85. The van der Waals surface area contributed by atoms with E-state index in [1.54, 1.807) is 4.68 Å². The molecule has 0 bridgehead atoms. The van der Waals surface area contributed by atoms with Crippen molar-refractivity contribution in [2.45, 2.75) is 30.6 Å². The van der Waals surface area contributed by atoms with Crippen molar-refractivity contribution in [3.05, 3.63) is 33.3 Å². The van der Waals surface area contributed by atoms with Crippen LogP contribution < -0.4 is 5.32 Å². The maximum absolute atomic E-state index is 12.1. The van der Waals surface area contributed by atoms with Crippen molar-refractivity contribution in [3.63, 3.8) is 0 Å². The summed E-state index contributed by atoms with van der Waals surface area (Å²) < 4.78 is 7.18. The van der Waals surface area contributed by atoms with E-state index in [0.29, 0.717) is 17.4 Å². The summed E-state index contributed by atoms with van der Waals surface area (Å²) >= 11 is 7.15. The Morgan fingerprint density at radius 1 is 1.54 bits per heavy atom. The zero-order valence-electron chi connectivity index (χ0n) is 13.5. The molecule has 0 saturated carbocycles. The van der Waals surface area contributed by atoms with Crippen molar-refractivity contribution >= 4 is 40.6 Å². The molecule has 1 amide bonds. The quantitative estimate of drug-likeness (QED) is 0.427. The number of hydrogen-bond acceptors (Lipinski definition) is 8. The molecule has 1 fully saturated rings.